The maximum atomic E-state index is 0. The molecule has 0 aromatic rings. The van der Waals surface area contributed by atoms with Gasteiger partial charge in [-0.05, 0) is 0 Å². The van der Waals surface area contributed by atoms with E-state index in [9.17, 15) is 0 Å². The van der Waals surface area contributed by atoms with Crippen molar-refractivity contribution in [1.82, 2.24) is 0 Å². The van der Waals surface area contributed by atoms with E-state index in [-0.39, 0.29) is 180 Å². The fourth-order valence-electron chi connectivity index (χ4n) is 0. The normalized spacial score (nSPS) is 0. The number of hydrogen-bond acceptors (Lipinski definition) is 0. The van der Waals surface area contributed by atoms with Gasteiger partial charge >= 0.3 is 109 Å². The summed E-state index contributed by atoms with van der Waals surface area (Å²) in [5, 5.41) is 0. The quantitative estimate of drug-likeness (QED) is 0.270. The molecule has 0 N–H and O–H groups in total. The minimum absolute atomic E-state index is 0. The van der Waals surface area contributed by atoms with E-state index >= 15 is 0 Å². The molecule has 0 heterocycles. The molecule has 0 bridgehead atoms. The van der Waals surface area contributed by atoms with E-state index in [2.05, 4.69) is 0 Å². The standard InChI is InChI=1S/Co.Ga.GeH4.In.Sc.Sr.Zr.8H/h;;1H4;;;;;;;;;;;;/q;;;;;+2;;;;;;;;2*-1. The van der Waals surface area contributed by atoms with Gasteiger partial charge in [-0.25, -0.2) is 0 Å². The molecular formula is H12CoGaGeInScSrZr. The van der Waals surface area contributed by atoms with Gasteiger partial charge in [-0.1, -0.05) is 0 Å². The van der Waals surface area contributed by atoms with Crippen LogP contribution in [0.15, 0.2) is 0 Å². The Hall–Kier alpha value is 5.79. The first-order valence-corrected chi connectivity index (χ1v) is 0. The van der Waals surface area contributed by atoms with E-state index in [0.717, 1.165) is 0 Å². The summed E-state index contributed by atoms with van der Waals surface area (Å²) in [6.45, 7) is 0. The van der Waals surface area contributed by atoms with Gasteiger partial charge in [0.2, 0.25) is 0 Å². The van der Waals surface area contributed by atoms with E-state index in [0.29, 0.717) is 0 Å². The fourth-order valence-corrected chi connectivity index (χ4v) is 0. The zero-order valence-electron chi connectivity index (χ0n) is 4.12. The Balaban J connectivity index is 0. The van der Waals surface area contributed by atoms with Crippen molar-refractivity contribution in [1.29, 1.82) is 0 Å². The van der Waals surface area contributed by atoms with Gasteiger partial charge in [0.25, 0.3) is 0 Å². The summed E-state index contributed by atoms with van der Waals surface area (Å²) in [7, 11) is 0. The summed E-state index contributed by atoms with van der Waals surface area (Å²) in [5.74, 6) is 0. The zero-order chi connectivity index (χ0) is 0. The van der Waals surface area contributed by atoms with Crippen LogP contribution in [0.1, 0.15) is 2.85 Å². The van der Waals surface area contributed by atoms with Crippen LogP contribution in [0, 0.1) is 0 Å². The topological polar surface area (TPSA) is 0 Å². The van der Waals surface area contributed by atoms with Gasteiger partial charge in [-0.3, -0.25) is 0 Å². The molecule has 2 radical (unpaired) electrons. The molecule has 0 nitrogen and oxygen atoms in total. The first kappa shape index (κ1) is 53.0. The molecule has 0 fully saturated rings. The summed E-state index contributed by atoms with van der Waals surface area (Å²) in [6, 6.07) is 0. The van der Waals surface area contributed by atoms with Crippen molar-refractivity contribution in [2.24, 2.45) is 0 Å². The van der Waals surface area contributed by atoms with Crippen LogP contribution in [-0.4, -0.2) is 109 Å². The van der Waals surface area contributed by atoms with Crippen LogP contribution >= 0.6 is 0 Å². The van der Waals surface area contributed by atoms with Gasteiger partial charge in [0.1, 0.15) is 0 Å². The third-order valence-electron chi connectivity index (χ3n) is 0. The second kappa shape index (κ2) is 40.9. The predicted octanol–water partition coefficient (Wildman–Crippen LogP) is -3.98. The van der Waals surface area contributed by atoms with Crippen LogP contribution in [0.3, 0.4) is 0 Å². The van der Waals surface area contributed by atoms with Crippen LogP contribution in [0.2, 0.25) is 0 Å². The summed E-state index contributed by atoms with van der Waals surface area (Å²) in [5.41, 5.74) is 0. The van der Waals surface area contributed by atoms with E-state index < -0.39 is 0 Å². The maximum Gasteiger partial charge on any atom is 2.00 e. The minimum atomic E-state index is 0. The average Bonchev–Trinajstić information content (AvgIpc) is 0. The van der Waals surface area contributed by atoms with Crippen molar-refractivity contribution in [3.63, 3.8) is 0 Å². The fraction of sp³-hybridized carbons (Fsp3) is 0. The first-order chi connectivity index (χ1) is 0. The number of rotatable bonds is 0. The van der Waals surface area contributed by atoms with E-state index in [1.165, 1.54) is 0 Å². The van der Waals surface area contributed by atoms with Crippen molar-refractivity contribution in [2.45, 2.75) is 0 Å². The van der Waals surface area contributed by atoms with Gasteiger partial charge < -0.3 is 2.85 Å². The molecule has 0 aliphatic rings. The Morgan fingerprint density at radius 1 is 1.14 bits per heavy atom. The average molecular weight is 552 g/mol. The first-order valence-electron chi connectivity index (χ1n) is 0. The Kier molecular flexibility index (Phi) is 310. The largest absolute Gasteiger partial charge is 2.00 e. The van der Waals surface area contributed by atoms with Crippen LogP contribution in [-0.2, 0) is 68.8 Å². The van der Waals surface area contributed by atoms with Crippen LogP contribution in [0.5, 0.6) is 0 Å². The Morgan fingerprint density at radius 3 is 1.14 bits per heavy atom. The van der Waals surface area contributed by atoms with Crippen molar-refractivity contribution in [2.75, 3.05) is 0 Å². The minimum Gasteiger partial charge on any atom is 0 e. The molecule has 0 aliphatic carbocycles. The van der Waals surface area contributed by atoms with Gasteiger partial charge in [-0.15, -0.1) is 0 Å². The van der Waals surface area contributed by atoms with E-state index in [1.54, 1.807) is 0 Å². The monoisotopic (exact) mass is 552 g/mol. The molecule has 0 amide bonds. The van der Waals surface area contributed by atoms with Crippen LogP contribution in [0.4, 0.5) is 0 Å². The second-order valence-electron chi connectivity index (χ2n) is 0. The number of hydrogen-bond donors (Lipinski definition) is 0. The van der Waals surface area contributed by atoms with Gasteiger partial charge in [-0.2, -0.15) is 0 Å². The molecule has 0 unspecified atom stereocenters. The molecule has 0 saturated heterocycles. The Bertz CT molecular complexity index is 26.5. The van der Waals surface area contributed by atoms with Crippen molar-refractivity contribution in [3.05, 3.63) is 0 Å². The summed E-state index contributed by atoms with van der Waals surface area (Å²) >= 11 is 0. The van der Waals surface area contributed by atoms with Crippen molar-refractivity contribution >= 4 is 109 Å². The Morgan fingerprint density at radius 2 is 1.14 bits per heavy atom. The third kappa shape index (κ3) is 33.7. The third-order valence-corrected chi connectivity index (χ3v) is 0. The summed E-state index contributed by atoms with van der Waals surface area (Å²) < 4.78 is 0. The predicted molar refractivity (Wildman–Crippen MR) is 39.2 cm³/mol. The maximum absolute atomic E-state index is 0. The van der Waals surface area contributed by atoms with Gasteiger partial charge in [0.15, 0.2) is 0 Å². The molecule has 0 saturated carbocycles. The molecule has 0 spiro atoms. The molecule has 7 heavy (non-hydrogen) atoms. The van der Waals surface area contributed by atoms with Gasteiger partial charge in [0.05, 0.1) is 0 Å². The SMILES string of the molecule is [Co].[GaH3].[GeH4].[H-].[H-].[InH3].[Sc].[Sr+2].[Zr]. The van der Waals surface area contributed by atoms with E-state index in [1.807, 2.05) is 0 Å². The molecule has 0 aliphatic heterocycles. The Labute approximate surface area is 175 Å². The van der Waals surface area contributed by atoms with Crippen LogP contribution in [0.25, 0.3) is 0 Å². The molecule has 40 valence electrons. The van der Waals surface area contributed by atoms with Crippen LogP contribution < -0.4 is 0 Å². The van der Waals surface area contributed by atoms with Gasteiger partial charge in [0, 0.05) is 68.8 Å². The van der Waals surface area contributed by atoms with Crippen molar-refractivity contribution < 1.29 is 71.7 Å². The van der Waals surface area contributed by atoms with E-state index in [4.69, 9.17) is 0 Å². The molecule has 0 rings (SSSR count). The molecule has 0 aromatic heterocycles. The molecular weight excluding hydrogens is 540 g/mol. The molecule has 0 atom stereocenters. The second-order valence-corrected chi connectivity index (χ2v) is 0. The molecule has 0 aromatic carbocycles. The summed E-state index contributed by atoms with van der Waals surface area (Å²) in [6.07, 6.45) is 0. The zero-order valence-corrected chi connectivity index (χ0v) is 10.9. The summed E-state index contributed by atoms with van der Waals surface area (Å²) in [4.78, 5) is 0. The van der Waals surface area contributed by atoms with Crippen molar-refractivity contribution in [3.8, 4) is 0 Å². The smallest absolute Gasteiger partial charge is 0 e. The molecule has 7 heteroatoms.